The van der Waals surface area contributed by atoms with Gasteiger partial charge in [0.25, 0.3) is 5.91 Å². The summed E-state index contributed by atoms with van der Waals surface area (Å²) in [6.45, 7) is 7.40. The van der Waals surface area contributed by atoms with Gasteiger partial charge in [0.1, 0.15) is 4.90 Å². The standard InChI is InChI=1S/C22H31N3O3S/c1-16-11-14-25(15-12-16)22(26)20-17(2)24(4)18(3)21(20)29(27,28)23-13-10-19-8-6-5-7-9-19/h5-9,16,23H,10-15H2,1-4H3. The highest BCUT2D eigenvalue weighted by Gasteiger charge is 2.33. The van der Waals surface area contributed by atoms with Gasteiger partial charge in [-0.2, -0.15) is 0 Å². The molecule has 0 atom stereocenters. The number of hydrogen-bond donors (Lipinski definition) is 1. The van der Waals surface area contributed by atoms with Gasteiger partial charge in [-0.05, 0) is 44.6 Å². The van der Waals surface area contributed by atoms with Gasteiger partial charge >= 0.3 is 0 Å². The Hall–Kier alpha value is -2.12. The van der Waals surface area contributed by atoms with Crippen LogP contribution >= 0.6 is 0 Å². The lowest BCUT2D eigenvalue weighted by Gasteiger charge is -2.30. The first-order valence-electron chi connectivity index (χ1n) is 10.2. The molecule has 0 radical (unpaired) electrons. The summed E-state index contributed by atoms with van der Waals surface area (Å²) >= 11 is 0. The average Bonchev–Trinajstić information content (AvgIpc) is 2.93. The summed E-state index contributed by atoms with van der Waals surface area (Å²) in [6, 6.07) is 9.75. The lowest BCUT2D eigenvalue weighted by molar-refractivity contribution is 0.0692. The van der Waals surface area contributed by atoms with Crippen LogP contribution in [0.1, 0.15) is 47.1 Å². The Labute approximate surface area is 174 Å². The second kappa shape index (κ2) is 8.71. The van der Waals surface area contributed by atoms with Crippen LogP contribution in [0.25, 0.3) is 0 Å². The molecule has 1 aromatic carbocycles. The second-order valence-corrected chi connectivity index (χ2v) is 9.75. The molecule has 158 valence electrons. The number of benzene rings is 1. The van der Waals surface area contributed by atoms with E-state index in [2.05, 4.69) is 11.6 Å². The first-order valence-corrected chi connectivity index (χ1v) is 11.7. The van der Waals surface area contributed by atoms with Crippen molar-refractivity contribution in [3.63, 3.8) is 0 Å². The van der Waals surface area contributed by atoms with Crippen molar-refractivity contribution >= 4 is 15.9 Å². The molecule has 29 heavy (non-hydrogen) atoms. The molecule has 0 saturated carbocycles. The molecule has 1 aromatic heterocycles. The minimum Gasteiger partial charge on any atom is -0.350 e. The number of rotatable bonds is 6. The van der Waals surface area contributed by atoms with Crippen molar-refractivity contribution in [1.29, 1.82) is 0 Å². The van der Waals surface area contributed by atoms with Crippen LogP contribution in [0.4, 0.5) is 0 Å². The summed E-state index contributed by atoms with van der Waals surface area (Å²) in [5.41, 5.74) is 2.65. The summed E-state index contributed by atoms with van der Waals surface area (Å²) < 4.78 is 30.8. The Morgan fingerprint density at radius 2 is 1.72 bits per heavy atom. The topological polar surface area (TPSA) is 71.4 Å². The Morgan fingerprint density at radius 1 is 1.10 bits per heavy atom. The van der Waals surface area contributed by atoms with Crippen LogP contribution in [0.15, 0.2) is 35.2 Å². The monoisotopic (exact) mass is 417 g/mol. The fraction of sp³-hybridized carbons (Fsp3) is 0.500. The van der Waals surface area contributed by atoms with Crippen LogP contribution in [-0.4, -0.2) is 43.4 Å². The number of nitrogens with zero attached hydrogens (tertiary/aromatic N) is 2. The normalized spacial score (nSPS) is 15.7. The van der Waals surface area contributed by atoms with E-state index in [4.69, 9.17) is 0 Å². The predicted molar refractivity (Wildman–Crippen MR) is 115 cm³/mol. The van der Waals surface area contributed by atoms with Crippen LogP contribution in [0, 0.1) is 19.8 Å². The molecule has 2 aromatic rings. The highest BCUT2D eigenvalue weighted by Crippen LogP contribution is 2.29. The molecule has 2 heterocycles. The number of hydrogen-bond acceptors (Lipinski definition) is 3. The van der Waals surface area contributed by atoms with Crippen LogP contribution in [0.5, 0.6) is 0 Å². The SMILES string of the molecule is Cc1c(C(=O)N2CCC(C)CC2)c(S(=O)(=O)NCCc2ccccc2)c(C)n1C. The molecule has 0 bridgehead atoms. The van der Waals surface area contributed by atoms with Crippen LogP contribution < -0.4 is 4.72 Å². The highest BCUT2D eigenvalue weighted by molar-refractivity contribution is 7.89. The van der Waals surface area contributed by atoms with E-state index < -0.39 is 10.0 Å². The van der Waals surface area contributed by atoms with Gasteiger partial charge in [-0.1, -0.05) is 37.3 Å². The van der Waals surface area contributed by atoms with E-state index in [0.717, 1.165) is 18.4 Å². The van der Waals surface area contributed by atoms with E-state index >= 15 is 0 Å². The Bertz CT molecular complexity index is 972. The van der Waals surface area contributed by atoms with Crippen molar-refractivity contribution in [3.05, 3.63) is 52.8 Å². The molecular weight excluding hydrogens is 386 g/mol. The molecule has 7 heteroatoms. The van der Waals surface area contributed by atoms with E-state index in [1.807, 2.05) is 44.3 Å². The van der Waals surface area contributed by atoms with Gasteiger partial charge in [0.15, 0.2) is 0 Å². The maximum absolute atomic E-state index is 13.3. The van der Waals surface area contributed by atoms with Gasteiger partial charge in [0.2, 0.25) is 10.0 Å². The minimum atomic E-state index is -3.81. The Kier molecular flexibility index (Phi) is 6.49. The van der Waals surface area contributed by atoms with Crippen LogP contribution in [0.2, 0.25) is 0 Å². The fourth-order valence-electron chi connectivity index (χ4n) is 3.91. The second-order valence-electron chi connectivity index (χ2n) is 8.04. The molecule has 1 fully saturated rings. The number of carbonyl (C=O) groups excluding carboxylic acids is 1. The molecule has 1 aliphatic heterocycles. The van der Waals surface area contributed by atoms with Gasteiger partial charge < -0.3 is 9.47 Å². The third-order valence-corrected chi connectivity index (χ3v) is 7.65. The van der Waals surface area contributed by atoms with Crippen molar-refractivity contribution in [2.75, 3.05) is 19.6 Å². The van der Waals surface area contributed by atoms with Gasteiger partial charge in [-0.3, -0.25) is 4.79 Å². The Balaban J connectivity index is 1.85. The zero-order chi connectivity index (χ0) is 21.2. The summed E-state index contributed by atoms with van der Waals surface area (Å²) in [6.07, 6.45) is 2.50. The number of nitrogens with one attached hydrogen (secondary N) is 1. The molecule has 1 aliphatic rings. The predicted octanol–water partition coefficient (Wildman–Crippen LogP) is 3.04. The van der Waals surface area contributed by atoms with Crippen molar-refractivity contribution in [2.24, 2.45) is 13.0 Å². The summed E-state index contributed by atoms with van der Waals surface area (Å²) in [5.74, 6) is 0.419. The minimum absolute atomic E-state index is 0.120. The fourth-order valence-corrected chi connectivity index (χ4v) is 5.46. The van der Waals surface area contributed by atoms with Crippen molar-refractivity contribution in [2.45, 2.75) is 44.9 Å². The van der Waals surface area contributed by atoms with E-state index in [-0.39, 0.29) is 17.3 Å². The smallest absolute Gasteiger partial charge is 0.257 e. The number of aromatic nitrogens is 1. The van der Waals surface area contributed by atoms with Crippen molar-refractivity contribution < 1.29 is 13.2 Å². The first kappa shape index (κ1) is 21.6. The van der Waals surface area contributed by atoms with Gasteiger partial charge in [-0.25, -0.2) is 13.1 Å². The van der Waals surface area contributed by atoms with Crippen molar-refractivity contribution in [3.8, 4) is 0 Å². The van der Waals surface area contributed by atoms with Gasteiger partial charge in [0, 0.05) is 38.1 Å². The lowest BCUT2D eigenvalue weighted by atomic mass is 9.98. The number of amides is 1. The summed E-state index contributed by atoms with van der Waals surface area (Å²) in [5, 5.41) is 0. The largest absolute Gasteiger partial charge is 0.350 e. The maximum atomic E-state index is 13.3. The van der Waals surface area contributed by atoms with Crippen molar-refractivity contribution in [1.82, 2.24) is 14.2 Å². The molecule has 1 amide bonds. The highest BCUT2D eigenvalue weighted by atomic mass is 32.2. The van der Waals surface area contributed by atoms with E-state index in [9.17, 15) is 13.2 Å². The molecular formula is C22H31N3O3S. The number of carbonyl (C=O) groups is 1. The molecule has 3 rings (SSSR count). The van der Waals surface area contributed by atoms with Gasteiger partial charge in [-0.15, -0.1) is 0 Å². The van der Waals surface area contributed by atoms with E-state index in [0.29, 0.717) is 42.4 Å². The quantitative estimate of drug-likeness (QED) is 0.785. The number of piperidine rings is 1. The molecule has 0 spiro atoms. The Morgan fingerprint density at radius 3 is 2.34 bits per heavy atom. The lowest BCUT2D eigenvalue weighted by Crippen LogP contribution is -2.39. The third-order valence-electron chi connectivity index (χ3n) is 6.03. The zero-order valence-electron chi connectivity index (χ0n) is 17.7. The zero-order valence-corrected chi connectivity index (χ0v) is 18.6. The van der Waals surface area contributed by atoms with E-state index in [1.54, 1.807) is 16.4 Å². The number of sulfonamides is 1. The summed E-state index contributed by atoms with van der Waals surface area (Å²) in [4.78, 5) is 15.2. The molecule has 6 nitrogen and oxygen atoms in total. The van der Waals surface area contributed by atoms with Gasteiger partial charge in [0.05, 0.1) is 5.56 Å². The summed E-state index contributed by atoms with van der Waals surface area (Å²) in [7, 11) is -2.00. The number of likely N-dealkylation sites (tertiary alicyclic amines) is 1. The molecule has 0 aliphatic carbocycles. The van der Waals surface area contributed by atoms with Crippen LogP contribution in [0.3, 0.4) is 0 Å². The third kappa shape index (κ3) is 4.56. The molecule has 1 N–H and O–H groups in total. The maximum Gasteiger partial charge on any atom is 0.257 e. The first-order chi connectivity index (χ1) is 13.7. The molecule has 1 saturated heterocycles. The average molecular weight is 418 g/mol. The van der Waals surface area contributed by atoms with E-state index in [1.165, 1.54) is 0 Å². The van der Waals surface area contributed by atoms with Crippen LogP contribution in [-0.2, 0) is 23.5 Å². The molecule has 0 unspecified atom stereocenters.